The summed E-state index contributed by atoms with van der Waals surface area (Å²) in [6.07, 6.45) is 2.46. The molecule has 0 radical (unpaired) electrons. The maximum atomic E-state index is 4.35. The van der Waals surface area contributed by atoms with E-state index in [9.17, 15) is 0 Å². The summed E-state index contributed by atoms with van der Waals surface area (Å²) in [6, 6.07) is 8.72. The maximum Gasteiger partial charge on any atom is 0.138 e. The molecular weight excluding hydrogens is 370 g/mol. The summed E-state index contributed by atoms with van der Waals surface area (Å²) >= 11 is 7.34. The van der Waals surface area contributed by atoms with Crippen molar-refractivity contribution in [3.8, 4) is 0 Å². The monoisotopic (exact) mass is 385 g/mol. The van der Waals surface area contributed by atoms with Crippen LogP contribution in [0.3, 0.4) is 0 Å². The molecule has 0 aliphatic heterocycles. The van der Waals surface area contributed by atoms with Crippen LogP contribution in [0.5, 0.6) is 0 Å². The number of halogens is 2. The second kappa shape index (κ2) is 6.18. The van der Waals surface area contributed by atoms with E-state index in [0.29, 0.717) is 0 Å². The quantitative estimate of drug-likeness (QED) is 0.737. The van der Waals surface area contributed by atoms with Gasteiger partial charge in [-0.2, -0.15) is 5.10 Å². The number of hydrogen-bond acceptors (Lipinski definition) is 2. The van der Waals surface area contributed by atoms with Gasteiger partial charge in [-0.1, -0.05) is 61.7 Å². The van der Waals surface area contributed by atoms with Crippen LogP contribution in [-0.4, -0.2) is 25.4 Å². The summed E-state index contributed by atoms with van der Waals surface area (Å²) in [5.41, 5.74) is 2.59. The zero-order chi connectivity index (χ0) is 13.9. The fraction of sp³-hybridized carbons (Fsp3) is 0.429. The summed E-state index contributed by atoms with van der Waals surface area (Å²) in [5, 5.41) is 5.90. The van der Waals surface area contributed by atoms with Crippen LogP contribution in [0.25, 0.3) is 0 Å². The van der Waals surface area contributed by atoms with Crippen molar-refractivity contribution in [2.24, 2.45) is 7.05 Å². The second-order valence-electron chi connectivity index (χ2n) is 4.89. The zero-order valence-corrected chi connectivity index (χ0v) is 14.3. The highest BCUT2D eigenvalue weighted by molar-refractivity contribution is 9.09. The summed E-state index contributed by atoms with van der Waals surface area (Å²) in [5.74, 6) is 1.000. The van der Waals surface area contributed by atoms with Crippen molar-refractivity contribution in [2.45, 2.75) is 18.8 Å². The number of aryl methyl sites for hydroxylation is 2. The normalized spacial score (nSPS) is 11.8. The Labute approximate surface area is 130 Å². The first kappa shape index (κ1) is 14.7. The molecule has 0 saturated carbocycles. The molecule has 19 heavy (non-hydrogen) atoms. The first-order valence-electron chi connectivity index (χ1n) is 6.13. The van der Waals surface area contributed by atoms with Crippen molar-refractivity contribution in [1.29, 1.82) is 0 Å². The number of alkyl halides is 2. The first-order valence-corrected chi connectivity index (χ1v) is 8.37. The molecule has 5 heteroatoms. The maximum absolute atomic E-state index is 4.35. The molecule has 1 aromatic heterocycles. The highest BCUT2D eigenvalue weighted by atomic mass is 79.9. The molecule has 2 aromatic rings. The Kier molecular flexibility index (Phi) is 4.79. The van der Waals surface area contributed by atoms with Crippen molar-refractivity contribution in [2.75, 3.05) is 10.7 Å². The van der Waals surface area contributed by atoms with Crippen LogP contribution in [0.15, 0.2) is 30.6 Å². The van der Waals surface area contributed by atoms with E-state index in [4.69, 9.17) is 0 Å². The minimum Gasteiger partial charge on any atom is -0.253 e. The van der Waals surface area contributed by atoms with E-state index in [1.165, 1.54) is 11.1 Å². The van der Waals surface area contributed by atoms with Crippen LogP contribution in [-0.2, 0) is 18.9 Å². The number of nitrogens with zero attached hydrogens (tertiary/aromatic N) is 3. The van der Waals surface area contributed by atoms with Crippen molar-refractivity contribution >= 4 is 31.9 Å². The van der Waals surface area contributed by atoms with Crippen LogP contribution in [0.2, 0.25) is 0 Å². The predicted molar refractivity (Wildman–Crippen MR) is 85.2 cm³/mol. The standard InChI is InChI=1S/C14H17Br2N3/c1-11-3-5-12(6-4-11)14(8-15,9-16)7-13-17-10-18-19(13)2/h3-6,10H,7-9H2,1-2H3. The third-order valence-corrected chi connectivity index (χ3v) is 5.62. The van der Waals surface area contributed by atoms with Crippen LogP contribution >= 0.6 is 31.9 Å². The fourth-order valence-electron chi connectivity index (χ4n) is 2.08. The largest absolute Gasteiger partial charge is 0.253 e. The average Bonchev–Trinajstić information content (AvgIpc) is 2.82. The Bertz CT molecular complexity index is 530. The molecule has 2 rings (SSSR count). The molecule has 0 spiro atoms. The van der Waals surface area contributed by atoms with Crippen molar-refractivity contribution < 1.29 is 0 Å². The lowest BCUT2D eigenvalue weighted by atomic mass is 9.81. The fourth-order valence-corrected chi connectivity index (χ4v) is 4.05. The van der Waals surface area contributed by atoms with Crippen molar-refractivity contribution in [3.05, 3.63) is 47.5 Å². The van der Waals surface area contributed by atoms with Crippen molar-refractivity contribution in [3.63, 3.8) is 0 Å². The number of hydrogen-bond donors (Lipinski definition) is 0. The highest BCUT2D eigenvalue weighted by Crippen LogP contribution is 2.32. The number of aromatic nitrogens is 3. The van der Waals surface area contributed by atoms with E-state index < -0.39 is 0 Å². The molecule has 1 aromatic carbocycles. The molecule has 0 aliphatic rings. The van der Waals surface area contributed by atoms with Gasteiger partial charge in [0.2, 0.25) is 0 Å². The van der Waals surface area contributed by atoms with Gasteiger partial charge < -0.3 is 0 Å². The molecule has 3 nitrogen and oxygen atoms in total. The van der Waals surface area contributed by atoms with Crippen LogP contribution in [0.4, 0.5) is 0 Å². The Hall–Kier alpha value is -0.680. The molecule has 0 N–H and O–H groups in total. The van der Waals surface area contributed by atoms with Gasteiger partial charge in [-0.05, 0) is 12.5 Å². The summed E-state index contributed by atoms with van der Waals surface area (Å²) in [4.78, 5) is 4.35. The number of benzene rings is 1. The van der Waals surface area contributed by atoms with Crippen LogP contribution in [0.1, 0.15) is 17.0 Å². The molecule has 0 atom stereocenters. The smallest absolute Gasteiger partial charge is 0.138 e. The van der Waals surface area contributed by atoms with Gasteiger partial charge in [0.25, 0.3) is 0 Å². The molecule has 0 unspecified atom stereocenters. The SMILES string of the molecule is Cc1ccc(C(CBr)(CBr)Cc2ncnn2C)cc1. The van der Waals surface area contributed by atoms with Gasteiger partial charge in [0.1, 0.15) is 12.2 Å². The van der Waals surface area contributed by atoms with Gasteiger partial charge in [-0.15, -0.1) is 0 Å². The lowest BCUT2D eigenvalue weighted by molar-refractivity contribution is 0.514. The predicted octanol–water partition coefficient (Wildman–Crippen LogP) is 3.39. The zero-order valence-electron chi connectivity index (χ0n) is 11.1. The van der Waals surface area contributed by atoms with Gasteiger partial charge in [0.05, 0.1) is 0 Å². The second-order valence-corrected chi connectivity index (χ2v) is 6.01. The van der Waals surface area contributed by atoms with E-state index in [-0.39, 0.29) is 5.41 Å². The average molecular weight is 387 g/mol. The van der Waals surface area contributed by atoms with E-state index >= 15 is 0 Å². The van der Waals surface area contributed by atoms with Crippen LogP contribution < -0.4 is 0 Å². The molecular formula is C14H17Br2N3. The first-order chi connectivity index (χ1) is 9.11. The summed E-state index contributed by atoms with van der Waals surface area (Å²) < 4.78 is 1.84. The molecule has 1 heterocycles. The number of rotatable bonds is 5. The molecule has 102 valence electrons. The Balaban J connectivity index is 2.37. The van der Waals surface area contributed by atoms with Crippen LogP contribution in [0, 0.1) is 6.92 Å². The van der Waals surface area contributed by atoms with Gasteiger partial charge >= 0.3 is 0 Å². The van der Waals surface area contributed by atoms with E-state index in [2.05, 4.69) is 73.1 Å². The van der Waals surface area contributed by atoms with Gasteiger partial charge in [-0.25, -0.2) is 4.98 Å². The van der Waals surface area contributed by atoms with E-state index in [0.717, 1.165) is 22.9 Å². The molecule has 0 bridgehead atoms. The lowest BCUT2D eigenvalue weighted by Gasteiger charge is -2.30. The minimum atomic E-state index is -0.00546. The molecule has 0 saturated heterocycles. The summed E-state index contributed by atoms with van der Waals surface area (Å²) in [6.45, 7) is 2.11. The van der Waals surface area contributed by atoms with E-state index in [1.54, 1.807) is 6.33 Å². The lowest BCUT2D eigenvalue weighted by Crippen LogP contribution is -2.34. The molecule has 0 fully saturated rings. The third kappa shape index (κ3) is 3.08. The summed E-state index contributed by atoms with van der Waals surface area (Å²) in [7, 11) is 1.94. The van der Waals surface area contributed by atoms with Gasteiger partial charge in [-0.3, -0.25) is 4.68 Å². The Morgan fingerprint density at radius 2 is 1.79 bits per heavy atom. The molecule has 0 aliphatic carbocycles. The van der Waals surface area contributed by atoms with Crippen molar-refractivity contribution in [1.82, 2.24) is 14.8 Å². The van der Waals surface area contributed by atoms with Gasteiger partial charge in [0, 0.05) is 29.5 Å². The third-order valence-electron chi connectivity index (χ3n) is 3.48. The minimum absolute atomic E-state index is 0.00546. The molecule has 0 amide bonds. The topological polar surface area (TPSA) is 30.7 Å². The van der Waals surface area contributed by atoms with E-state index in [1.807, 2.05) is 11.7 Å². The Morgan fingerprint density at radius 3 is 2.26 bits per heavy atom. The highest BCUT2D eigenvalue weighted by Gasteiger charge is 2.32. The Morgan fingerprint density at radius 1 is 1.16 bits per heavy atom. The van der Waals surface area contributed by atoms with Gasteiger partial charge in [0.15, 0.2) is 0 Å².